The number of rotatable bonds is 4. The van der Waals surface area contributed by atoms with Crippen LogP contribution in [0.15, 0.2) is 24.4 Å². The third kappa shape index (κ3) is 2.87. The number of H-pyrrole nitrogens is 1. The molecule has 17 heavy (non-hydrogen) atoms. The molecule has 1 heterocycles. The molecule has 5 N–H and O–H groups in total. The maximum atomic E-state index is 10.7. The molecule has 0 unspecified atom stereocenters. The average Bonchev–Trinajstić information content (AvgIpc) is 2.59. The lowest BCUT2D eigenvalue weighted by atomic mass is 10.1. The Kier molecular flexibility index (Phi) is 3.22. The summed E-state index contributed by atoms with van der Waals surface area (Å²) in [5.41, 5.74) is 7.36. The van der Waals surface area contributed by atoms with Crippen molar-refractivity contribution >= 4 is 18.7 Å². The van der Waals surface area contributed by atoms with E-state index in [1.807, 2.05) is 6.20 Å². The molecule has 2 aromatic rings. The molecule has 0 fully saturated rings. The standard InChI is InChI=1S/C10H13N2O4P/c11-4-3-7-6-12-10-2-1-8(5-9(7)10)16-17(13,14)15/h1-2,5-6,12H,3-4,11H2,(H2,13,14,15). The van der Waals surface area contributed by atoms with E-state index in [2.05, 4.69) is 9.51 Å². The molecule has 0 amide bonds. The molecule has 0 aliphatic carbocycles. The van der Waals surface area contributed by atoms with Gasteiger partial charge in [-0.25, -0.2) is 4.57 Å². The van der Waals surface area contributed by atoms with Crippen molar-refractivity contribution in [2.45, 2.75) is 6.42 Å². The molecule has 0 saturated carbocycles. The molecule has 0 radical (unpaired) electrons. The van der Waals surface area contributed by atoms with E-state index in [1.165, 1.54) is 6.07 Å². The van der Waals surface area contributed by atoms with Gasteiger partial charge in [0.25, 0.3) is 0 Å². The summed E-state index contributed by atoms with van der Waals surface area (Å²) in [6, 6.07) is 4.81. The molecule has 0 atom stereocenters. The number of phosphoric ester groups is 1. The number of fused-ring (bicyclic) bond motifs is 1. The maximum Gasteiger partial charge on any atom is 0.524 e. The molecule has 1 aromatic heterocycles. The fourth-order valence-electron chi connectivity index (χ4n) is 1.71. The van der Waals surface area contributed by atoms with Crippen molar-refractivity contribution in [3.8, 4) is 5.75 Å². The van der Waals surface area contributed by atoms with E-state index in [9.17, 15) is 4.57 Å². The Bertz CT molecular complexity index is 575. The quantitative estimate of drug-likeness (QED) is 0.613. The second-order valence-corrected chi connectivity index (χ2v) is 4.81. The van der Waals surface area contributed by atoms with E-state index in [0.717, 1.165) is 16.5 Å². The second kappa shape index (κ2) is 4.50. The molecular formula is C10H13N2O4P. The first-order valence-electron chi connectivity index (χ1n) is 5.05. The highest BCUT2D eigenvalue weighted by Gasteiger charge is 2.16. The minimum atomic E-state index is -4.51. The molecule has 0 saturated heterocycles. The summed E-state index contributed by atoms with van der Waals surface area (Å²) in [4.78, 5) is 20.5. The van der Waals surface area contributed by atoms with Crippen molar-refractivity contribution in [2.24, 2.45) is 5.73 Å². The van der Waals surface area contributed by atoms with Crippen LogP contribution in [-0.2, 0) is 11.0 Å². The van der Waals surface area contributed by atoms with Gasteiger partial charge in [-0.1, -0.05) is 0 Å². The van der Waals surface area contributed by atoms with Crippen molar-refractivity contribution in [2.75, 3.05) is 6.54 Å². The van der Waals surface area contributed by atoms with Crippen LogP contribution in [0.2, 0.25) is 0 Å². The van der Waals surface area contributed by atoms with Gasteiger partial charge < -0.3 is 15.2 Å². The summed E-state index contributed by atoms with van der Waals surface area (Å²) in [5, 5.41) is 0.862. The highest BCUT2D eigenvalue weighted by molar-refractivity contribution is 7.46. The molecule has 0 spiro atoms. The summed E-state index contributed by atoms with van der Waals surface area (Å²) in [6.45, 7) is 0.510. The van der Waals surface area contributed by atoms with Crippen molar-refractivity contribution < 1.29 is 18.9 Å². The fourth-order valence-corrected chi connectivity index (χ4v) is 2.10. The topological polar surface area (TPSA) is 109 Å². The van der Waals surface area contributed by atoms with Crippen molar-refractivity contribution in [3.63, 3.8) is 0 Å². The van der Waals surface area contributed by atoms with Gasteiger partial charge in [0.2, 0.25) is 0 Å². The number of benzene rings is 1. The van der Waals surface area contributed by atoms with Crippen LogP contribution in [0.1, 0.15) is 5.56 Å². The monoisotopic (exact) mass is 256 g/mol. The van der Waals surface area contributed by atoms with Gasteiger partial charge in [0.15, 0.2) is 0 Å². The molecule has 92 valence electrons. The smallest absolute Gasteiger partial charge is 0.404 e. The van der Waals surface area contributed by atoms with E-state index >= 15 is 0 Å². The number of hydrogen-bond donors (Lipinski definition) is 4. The van der Waals surface area contributed by atoms with Crippen LogP contribution in [0.5, 0.6) is 5.75 Å². The lowest BCUT2D eigenvalue weighted by molar-refractivity contribution is 0.283. The van der Waals surface area contributed by atoms with Crippen molar-refractivity contribution in [3.05, 3.63) is 30.0 Å². The minimum absolute atomic E-state index is 0.142. The zero-order valence-corrected chi connectivity index (χ0v) is 9.85. The Labute approximate surface area is 97.6 Å². The van der Waals surface area contributed by atoms with Gasteiger partial charge in [-0.3, -0.25) is 9.79 Å². The highest BCUT2D eigenvalue weighted by Crippen LogP contribution is 2.38. The van der Waals surface area contributed by atoms with Gasteiger partial charge in [-0.2, -0.15) is 0 Å². The SMILES string of the molecule is NCCc1c[nH]c2ccc(OP(=O)(O)O)cc12. The zero-order chi connectivity index (χ0) is 12.5. The van der Waals surface area contributed by atoms with Crippen LogP contribution in [0.25, 0.3) is 10.9 Å². The number of aromatic amines is 1. The maximum absolute atomic E-state index is 10.7. The normalized spacial score (nSPS) is 11.9. The molecular weight excluding hydrogens is 243 g/mol. The van der Waals surface area contributed by atoms with Gasteiger partial charge >= 0.3 is 7.82 Å². The lowest BCUT2D eigenvalue weighted by Gasteiger charge is -2.06. The summed E-state index contributed by atoms with van der Waals surface area (Å²) in [7, 11) is -4.51. The summed E-state index contributed by atoms with van der Waals surface area (Å²) in [6.07, 6.45) is 2.53. The molecule has 0 aliphatic rings. The van der Waals surface area contributed by atoms with Crippen LogP contribution in [-0.4, -0.2) is 21.3 Å². The average molecular weight is 256 g/mol. The number of aromatic nitrogens is 1. The second-order valence-electron chi connectivity index (χ2n) is 3.64. The predicted octanol–water partition coefficient (Wildman–Crippen LogP) is 1.14. The molecule has 1 aromatic carbocycles. The van der Waals surface area contributed by atoms with Gasteiger partial charge in [-0.15, -0.1) is 0 Å². The number of nitrogens with one attached hydrogen (secondary N) is 1. The van der Waals surface area contributed by atoms with Crippen LogP contribution >= 0.6 is 7.82 Å². The molecule has 0 bridgehead atoms. The predicted molar refractivity (Wildman–Crippen MR) is 63.7 cm³/mol. The van der Waals surface area contributed by atoms with Gasteiger partial charge in [-0.05, 0) is 36.7 Å². The van der Waals surface area contributed by atoms with Crippen LogP contribution in [0.3, 0.4) is 0 Å². The Morgan fingerprint density at radius 1 is 1.41 bits per heavy atom. The van der Waals surface area contributed by atoms with E-state index in [4.69, 9.17) is 15.5 Å². The minimum Gasteiger partial charge on any atom is -0.404 e. The van der Waals surface area contributed by atoms with Crippen molar-refractivity contribution in [1.29, 1.82) is 0 Å². The first kappa shape index (κ1) is 12.1. The summed E-state index contributed by atoms with van der Waals surface area (Å²) in [5.74, 6) is 0.142. The Morgan fingerprint density at radius 3 is 2.82 bits per heavy atom. The van der Waals surface area contributed by atoms with Crippen LogP contribution < -0.4 is 10.3 Å². The fraction of sp³-hybridized carbons (Fsp3) is 0.200. The molecule has 2 rings (SSSR count). The van der Waals surface area contributed by atoms with Gasteiger partial charge in [0.05, 0.1) is 0 Å². The first-order valence-corrected chi connectivity index (χ1v) is 6.58. The molecule has 0 aliphatic heterocycles. The van der Waals surface area contributed by atoms with Crippen LogP contribution in [0, 0.1) is 0 Å². The number of nitrogens with two attached hydrogens (primary N) is 1. The summed E-state index contributed by atoms with van der Waals surface area (Å²) >= 11 is 0. The van der Waals surface area contributed by atoms with Gasteiger partial charge in [0.1, 0.15) is 5.75 Å². The van der Waals surface area contributed by atoms with E-state index < -0.39 is 7.82 Å². The third-order valence-corrected chi connectivity index (χ3v) is 2.83. The third-order valence-electron chi connectivity index (χ3n) is 2.38. The highest BCUT2D eigenvalue weighted by atomic mass is 31.2. The summed E-state index contributed by atoms with van der Waals surface area (Å²) < 4.78 is 15.3. The number of hydrogen-bond acceptors (Lipinski definition) is 3. The largest absolute Gasteiger partial charge is 0.524 e. The molecule has 6 nitrogen and oxygen atoms in total. The Hall–Kier alpha value is -1.33. The van der Waals surface area contributed by atoms with Crippen LogP contribution in [0.4, 0.5) is 0 Å². The lowest BCUT2D eigenvalue weighted by Crippen LogP contribution is -2.01. The molecule has 7 heteroatoms. The van der Waals surface area contributed by atoms with Gasteiger partial charge in [0, 0.05) is 17.1 Å². The van der Waals surface area contributed by atoms with E-state index in [0.29, 0.717) is 13.0 Å². The zero-order valence-electron chi connectivity index (χ0n) is 8.96. The number of phosphoric acid groups is 1. The Balaban J connectivity index is 2.40. The Morgan fingerprint density at radius 2 is 2.18 bits per heavy atom. The van der Waals surface area contributed by atoms with E-state index in [-0.39, 0.29) is 5.75 Å². The van der Waals surface area contributed by atoms with E-state index in [1.54, 1.807) is 12.1 Å². The van der Waals surface area contributed by atoms with Crippen molar-refractivity contribution in [1.82, 2.24) is 4.98 Å². The first-order chi connectivity index (χ1) is 7.99.